The summed E-state index contributed by atoms with van der Waals surface area (Å²) < 4.78 is 2.30. The Labute approximate surface area is 434 Å². The van der Waals surface area contributed by atoms with Crippen molar-refractivity contribution in [1.29, 1.82) is 0 Å². The van der Waals surface area contributed by atoms with Crippen molar-refractivity contribution in [2.45, 2.75) is 145 Å². The molecule has 70 heavy (non-hydrogen) atoms. The third-order valence-electron chi connectivity index (χ3n) is 14.8. The molecule has 0 aliphatic heterocycles. The Hall–Kier alpha value is -5.57. The van der Waals surface area contributed by atoms with Gasteiger partial charge in [-0.25, -0.2) is 4.98 Å². The second-order valence-electron chi connectivity index (χ2n) is 25.0. The van der Waals surface area contributed by atoms with Gasteiger partial charge < -0.3 is 5.11 Å². The monoisotopic (exact) mass is 1110 g/mol. The van der Waals surface area contributed by atoms with Gasteiger partial charge in [0.1, 0.15) is 11.6 Å². The van der Waals surface area contributed by atoms with E-state index in [9.17, 15) is 5.11 Å². The van der Waals surface area contributed by atoms with Crippen molar-refractivity contribution < 1.29 is 26.2 Å². The zero-order valence-corrected chi connectivity index (χ0v) is 47.1. The average Bonchev–Trinajstić information content (AvgIpc) is 3.67. The predicted octanol–water partition coefficient (Wildman–Crippen LogP) is 17.8. The minimum absolute atomic E-state index is 0. The minimum atomic E-state index is -0.336. The van der Waals surface area contributed by atoms with Gasteiger partial charge in [0.05, 0.1) is 22.3 Å². The van der Waals surface area contributed by atoms with E-state index in [1.54, 1.807) is 0 Å². The Morgan fingerprint density at radius 2 is 1.06 bits per heavy atom. The van der Waals surface area contributed by atoms with E-state index in [4.69, 9.17) is 9.97 Å². The van der Waals surface area contributed by atoms with E-state index in [1.165, 1.54) is 16.7 Å². The summed E-state index contributed by atoms with van der Waals surface area (Å²) in [6.07, 6.45) is 1.91. The van der Waals surface area contributed by atoms with Crippen molar-refractivity contribution in [3.05, 3.63) is 167 Å². The normalized spacial score (nSPS) is 12.9. The maximum absolute atomic E-state index is 12.7. The number of nitrogens with zero attached hydrogens (tertiary/aromatic N) is 3. The van der Waals surface area contributed by atoms with Gasteiger partial charge in [0.15, 0.2) is 0 Å². The van der Waals surface area contributed by atoms with Crippen LogP contribution in [-0.2, 0) is 48.1 Å². The van der Waals surface area contributed by atoms with E-state index in [2.05, 4.69) is 256 Å². The Morgan fingerprint density at radius 3 is 1.66 bits per heavy atom. The van der Waals surface area contributed by atoms with Crippen molar-refractivity contribution in [2.75, 3.05) is 0 Å². The van der Waals surface area contributed by atoms with Gasteiger partial charge in [-0.05, 0) is 96.2 Å². The van der Waals surface area contributed by atoms with Crippen LogP contribution in [0.25, 0.3) is 72.7 Å². The number of benzene rings is 6. The first-order valence-electron chi connectivity index (χ1n) is 24.8. The Bertz CT molecular complexity index is 3190. The summed E-state index contributed by atoms with van der Waals surface area (Å²) in [5.74, 6) is 0.938. The molecule has 0 saturated carbocycles. The molecule has 0 aliphatic carbocycles. The number of phenols is 1. The Morgan fingerprint density at radius 1 is 0.471 bits per heavy atom. The molecule has 4 nitrogen and oxygen atoms in total. The zero-order chi connectivity index (χ0) is 50.2. The summed E-state index contributed by atoms with van der Waals surface area (Å²) in [5, 5.41) is 12.7. The molecule has 2 heterocycles. The maximum Gasteiger partial charge on any atom is 0.148 e. The molecule has 0 amide bonds. The molecule has 0 spiro atoms. The maximum atomic E-state index is 12.7. The van der Waals surface area contributed by atoms with Crippen LogP contribution in [0.3, 0.4) is 0 Å². The molecule has 0 unspecified atom stereocenters. The molecule has 0 bridgehead atoms. The van der Waals surface area contributed by atoms with Gasteiger partial charge in [-0.2, -0.15) is 0 Å². The summed E-state index contributed by atoms with van der Waals surface area (Å²) in [5.41, 5.74) is 16.6. The molecule has 0 atom stereocenters. The molecule has 1 N–H and O–H groups in total. The molecule has 0 saturated heterocycles. The fourth-order valence-electron chi connectivity index (χ4n) is 9.16. The topological polar surface area (TPSA) is 50.9 Å². The van der Waals surface area contributed by atoms with E-state index in [-0.39, 0.29) is 59.3 Å². The molecule has 8 rings (SSSR count). The molecular formula is C65H74N3OPt-. The van der Waals surface area contributed by atoms with Crippen molar-refractivity contribution >= 4 is 11.0 Å². The van der Waals surface area contributed by atoms with E-state index in [1.807, 2.05) is 6.20 Å². The first-order chi connectivity index (χ1) is 32.0. The number of phenolic OH excluding ortho intramolecular Hbond substituents is 1. The number of imidazole rings is 1. The second-order valence-corrected chi connectivity index (χ2v) is 25.0. The molecule has 2 aromatic heterocycles. The zero-order valence-electron chi connectivity index (χ0n) is 44.8. The first kappa shape index (κ1) is 52.3. The van der Waals surface area contributed by atoms with E-state index in [0.717, 1.165) is 72.5 Å². The third kappa shape index (κ3) is 10.1. The standard InChI is InChI=1S/C65H74N3O.Pt/c1-60(2,3)46-28-26-41(27-29-46)43-32-33-66-54(37-43)45-34-44(35-48(36-45)61(4,5)6)50-24-21-25-56-57(50)67-59(52-39-49(62(7,8)9)40-53(58(52)69)63(10,11)12)68(56)55-31-30-47(65(16,17)64(13,14)15)38-51(55)42-22-19-18-20-23-42;/h18-33,35-40,69H,1-17H3;/q-1;. The van der Waals surface area contributed by atoms with Gasteiger partial charge in [-0.1, -0.05) is 214 Å². The molecule has 0 fully saturated rings. The van der Waals surface area contributed by atoms with E-state index < -0.39 is 0 Å². The third-order valence-corrected chi connectivity index (χ3v) is 14.8. The van der Waals surface area contributed by atoms with Gasteiger partial charge in [0, 0.05) is 44.1 Å². The molecule has 366 valence electrons. The summed E-state index contributed by atoms with van der Waals surface area (Å²) in [7, 11) is 0. The number of hydrogen-bond donors (Lipinski definition) is 1. The van der Waals surface area contributed by atoms with Gasteiger partial charge in [0.2, 0.25) is 0 Å². The van der Waals surface area contributed by atoms with E-state index in [0.29, 0.717) is 11.4 Å². The Balaban J connectivity index is 0.00000722. The van der Waals surface area contributed by atoms with Crippen LogP contribution in [0.15, 0.2) is 134 Å². The molecule has 0 radical (unpaired) electrons. The fraction of sp³-hybridized carbons (Fsp3) is 0.354. The van der Waals surface area contributed by atoms with Crippen LogP contribution in [0.4, 0.5) is 0 Å². The summed E-state index contributed by atoms with van der Waals surface area (Å²) in [4.78, 5) is 10.7. The second kappa shape index (κ2) is 18.6. The van der Waals surface area contributed by atoms with Crippen molar-refractivity contribution in [3.63, 3.8) is 0 Å². The number of aromatic nitrogens is 3. The molecular weight excluding hydrogens is 1030 g/mol. The van der Waals surface area contributed by atoms with Gasteiger partial charge in [-0.3, -0.25) is 9.55 Å². The smallest absolute Gasteiger partial charge is 0.148 e. The number of hydrogen-bond acceptors (Lipinski definition) is 3. The van der Waals surface area contributed by atoms with Crippen LogP contribution < -0.4 is 0 Å². The fourth-order valence-corrected chi connectivity index (χ4v) is 9.16. The van der Waals surface area contributed by atoms with Crippen LogP contribution in [0.2, 0.25) is 0 Å². The van der Waals surface area contributed by atoms with Crippen LogP contribution in [0.1, 0.15) is 146 Å². The number of pyridine rings is 1. The van der Waals surface area contributed by atoms with E-state index >= 15 is 0 Å². The molecule has 0 aliphatic rings. The first-order valence-corrected chi connectivity index (χ1v) is 24.8. The SMILES string of the molecule is CC(C)(C)c1ccc(-c2ccnc(-c3[c-]c(-c4cccc5c4nc(-c4cc(C(C)(C)C)cc(C(C)(C)C)c4O)n5-c4ccc(C(C)(C)C(C)(C)C)cc4-c4ccccc4)cc(C(C)(C)C)c3)c2)cc1.[Pt]. The van der Waals surface area contributed by atoms with Crippen molar-refractivity contribution in [3.8, 4) is 67.5 Å². The predicted molar refractivity (Wildman–Crippen MR) is 294 cm³/mol. The molecule has 5 heteroatoms. The summed E-state index contributed by atoms with van der Waals surface area (Å²) in [6, 6.07) is 50.1. The van der Waals surface area contributed by atoms with Gasteiger partial charge >= 0.3 is 0 Å². The largest absolute Gasteiger partial charge is 0.507 e. The minimum Gasteiger partial charge on any atom is -0.507 e. The number of fused-ring (bicyclic) bond motifs is 1. The number of rotatable bonds is 7. The molecule has 8 aromatic rings. The van der Waals surface area contributed by atoms with Crippen LogP contribution in [0.5, 0.6) is 5.75 Å². The van der Waals surface area contributed by atoms with Crippen LogP contribution in [-0.4, -0.2) is 19.6 Å². The number of para-hydroxylation sites is 1. The molecule has 6 aromatic carbocycles. The van der Waals surface area contributed by atoms with Crippen molar-refractivity contribution in [2.24, 2.45) is 5.41 Å². The average molecular weight is 1110 g/mol. The van der Waals surface area contributed by atoms with Crippen LogP contribution >= 0.6 is 0 Å². The Kier molecular flexibility index (Phi) is 13.9. The summed E-state index contributed by atoms with van der Waals surface area (Å²) in [6.45, 7) is 38.4. The van der Waals surface area contributed by atoms with Crippen LogP contribution in [0, 0.1) is 11.5 Å². The summed E-state index contributed by atoms with van der Waals surface area (Å²) >= 11 is 0. The van der Waals surface area contributed by atoms with Gasteiger partial charge in [0.25, 0.3) is 0 Å². The number of aromatic hydroxyl groups is 1. The van der Waals surface area contributed by atoms with Crippen molar-refractivity contribution in [1.82, 2.24) is 14.5 Å². The quantitative estimate of drug-likeness (QED) is 0.162. The van der Waals surface area contributed by atoms with Gasteiger partial charge in [-0.15, -0.1) is 29.3 Å².